The van der Waals surface area contributed by atoms with Crippen LogP contribution in [0.4, 0.5) is 0 Å². The second kappa shape index (κ2) is 11.8. The average Bonchev–Trinajstić information content (AvgIpc) is 3.18. The van der Waals surface area contributed by atoms with Crippen LogP contribution >= 0.6 is 0 Å². The number of rotatable bonds is 11. The van der Waals surface area contributed by atoms with Crippen molar-refractivity contribution >= 4 is 11.8 Å². The molecule has 0 heterocycles. The summed E-state index contributed by atoms with van der Waals surface area (Å²) < 4.78 is 6.11. The highest BCUT2D eigenvalue weighted by Gasteiger charge is 2.59. The number of hydrogen-bond donors (Lipinski definition) is 1. The van der Waals surface area contributed by atoms with Crippen molar-refractivity contribution in [1.29, 1.82) is 0 Å². The SMILES string of the molecule is CC(C)CCCC(C)C1CCC2C3CC=C4CC(OCC=CC(=O)CC(=O)O)CCC4(C)C3CCC12C. The van der Waals surface area contributed by atoms with Gasteiger partial charge in [-0.2, -0.15) is 0 Å². The van der Waals surface area contributed by atoms with Gasteiger partial charge in [0.15, 0.2) is 5.78 Å². The number of ether oxygens (including phenoxy) is 1. The van der Waals surface area contributed by atoms with Gasteiger partial charge < -0.3 is 9.84 Å². The summed E-state index contributed by atoms with van der Waals surface area (Å²) in [4.78, 5) is 22.2. The second-order valence-electron chi connectivity index (χ2n) is 13.9. The van der Waals surface area contributed by atoms with Crippen LogP contribution in [0.2, 0.25) is 0 Å². The Hall–Kier alpha value is -1.42. The van der Waals surface area contributed by atoms with Gasteiger partial charge in [0.2, 0.25) is 0 Å². The average molecular weight is 513 g/mol. The molecule has 0 aromatic rings. The third kappa shape index (κ3) is 6.10. The van der Waals surface area contributed by atoms with Crippen LogP contribution in [0.1, 0.15) is 112 Å². The Morgan fingerprint density at radius 1 is 1.08 bits per heavy atom. The van der Waals surface area contributed by atoms with Crippen molar-refractivity contribution in [1.82, 2.24) is 0 Å². The van der Waals surface area contributed by atoms with E-state index in [-0.39, 0.29) is 11.9 Å². The summed E-state index contributed by atoms with van der Waals surface area (Å²) in [6.45, 7) is 12.9. The maximum Gasteiger partial charge on any atom is 0.311 e. The van der Waals surface area contributed by atoms with Crippen LogP contribution in [0.25, 0.3) is 0 Å². The van der Waals surface area contributed by atoms with Crippen molar-refractivity contribution in [2.75, 3.05) is 6.61 Å². The Kier molecular flexibility index (Phi) is 9.09. The van der Waals surface area contributed by atoms with Gasteiger partial charge in [0.25, 0.3) is 0 Å². The topological polar surface area (TPSA) is 63.6 Å². The normalized spacial score (nSPS) is 38.1. The molecule has 0 spiro atoms. The van der Waals surface area contributed by atoms with Crippen LogP contribution in [0.3, 0.4) is 0 Å². The van der Waals surface area contributed by atoms with E-state index < -0.39 is 12.4 Å². The minimum absolute atomic E-state index is 0.200. The fourth-order valence-electron chi connectivity index (χ4n) is 9.37. The number of carboxylic acids is 1. The number of carboxylic acid groups (broad SMARTS) is 1. The molecule has 0 aromatic carbocycles. The Morgan fingerprint density at radius 2 is 1.86 bits per heavy atom. The zero-order valence-corrected chi connectivity index (χ0v) is 24.1. The summed E-state index contributed by atoms with van der Waals surface area (Å²) in [7, 11) is 0. The minimum Gasteiger partial charge on any atom is -0.481 e. The Balaban J connectivity index is 1.35. The molecular formula is C33H52O4. The fraction of sp³-hybridized carbons (Fsp3) is 0.818. The second-order valence-corrected chi connectivity index (χ2v) is 13.9. The molecule has 3 saturated carbocycles. The molecule has 4 nitrogen and oxygen atoms in total. The standard InChI is InChI=1S/C33H52O4/c1-22(2)8-6-9-23(3)28-13-14-29-27-12-11-24-20-26(37-19-7-10-25(34)21-31(35)36)15-17-32(24,4)30(27)16-18-33(28,29)5/h7,10-11,22-23,26-30H,6,8-9,12-21H2,1-5H3,(H,35,36). The number of carbonyl (C=O) groups excluding carboxylic acids is 1. The summed E-state index contributed by atoms with van der Waals surface area (Å²) in [6, 6.07) is 0. The molecule has 37 heavy (non-hydrogen) atoms. The Morgan fingerprint density at radius 3 is 2.59 bits per heavy atom. The minimum atomic E-state index is -1.09. The highest BCUT2D eigenvalue weighted by molar-refractivity contribution is 6.01. The largest absolute Gasteiger partial charge is 0.481 e. The summed E-state index contributed by atoms with van der Waals surface area (Å²) in [5.74, 6) is 3.68. The molecule has 0 aliphatic heterocycles. The zero-order valence-electron chi connectivity index (χ0n) is 24.1. The summed E-state index contributed by atoms with van der Waals surface area (Å²) >= 11 is 0. The van der Waals surface area contributed by atoms with Gasteiger partial charge in [0, 0.05) is 0 Å². The van der Waals surface area contributed by atoms with Gasteiger partial charge in [-0.1, -0.05) is 71.6 Å². The van der Waals surface area contributed by atoms with Gasteiger partial charge in [0.1, 0.15) is 6.42 Å². The molecule has 208 valence electrons. The number of carbonyl (C=O) groups is 2. The Labute approximate surface area is 225 Å². The molecule has 4 aliphatic carbocycles. The van der Waals surface area contributed by atoms with E-state index >= 15 is 0 Å². The van der Waals surface area contributed by atoms with Gasteiger partial charge in [0.05, 0.1) is 12.7 Å². The first kappa shape index (κ1) is 28.6. The predicted octanol–water partition coefficient (Wildman–Crippen LogP) is 8.01. The summed E-state index contributed by atoms with van der Waals surface area (Å²) in [6.07, 6.45) is 19.8. The van der Waals surface area contributed by atoms with Crippen molar-refractivity contribution in [2.24, 2.45) is 46.3 Å². The maximum absolute atomic E-state index is 11.6. The van der Waals surface area contributed by atoms with Crippen LogP contribution < -0.4 is 0 Å². The predicted molar refractivity (Wildman–Crippen MR) is 149 cm³/mol. The summed E-state index contributed by atoms with van der Waals surface area (Å²) in [5, 5.41) is 8.72. The lowest BCUT2D eigenvalue weighted by atomic mass is 9.47. The molecule has 0 aromatic heterocycles. The zero-order chi connectivity index (χ0) is 26.8. The van der Waals surface area contributed by atoms with Gasteiger partial charge in [-0.05, 0) is 104 Å². The van der Waals surface area contributed by atoms with E-state index in [1.807, 2.05) is 0 Å². The number of hydrogen-bond acceptors (Lipinski definition) is 3. The van der Waals surface area contributed by atoms with Crippen molar-refractivity contribution in [2.45, 2.75) is 118 Å². The first-order chi connectivity index (χ1) is 17.5. The number of aliphatic carboxylic acids is 1. The van der Waals surface area contributed by atoms with Crippen molar-refractivity contribution in [3.8, 4) is 0 Å². The van der Waals surface area contributed by atoms with E-state index in [0.29, 0.717) is 17.4 Å². The number of ketones is 1. The monoisotopic (exact) mass is 512 g/mol. The van der Waals surface area contributed by atoms with E-state index in [1.54, 1.807) is 11.6 Å². The van der Waals surface area contributed by atoms with Gasteiger partial charge in [-0.15, -0.1) is 0 Å². The van der Waals surface area contributed by atoms with E-state index in [2.05, 4.69) is 40.7 Å². The molecular weight excluding hydrogens is 460 g/mol. The molecule has 1 N–H and O–H groups in total. The molecule has 3 fully saturated rings. The van der Waals surface area contributed by atoms with Crippen molar-refractivity contribution in [3.63, 3.8) is 0 Å². The van der Waals surface area contributed by atoms with Crippen molar-refractivity contribution in [3.05, 3.63) is 23.8 Å². The quantitative estimate of drug-likeness (QED) is 0.173. The molecule has 0 radical (unpaired) electrons. The van der Waals surface area contributed by atoms with E-state index in [9.17, 15) is 9.59 Å². The highest BCUT2D eigenvalue weighted by Crippen LogP contribution is 2.67. The molecule has 4 heteroatoms. The first-order valence-corrected chi connectivity index (χ1v) is 15.3. The van der Waals surface area contributed by atoms with Gasteiger partial charge >= 0.3 is 5.97 Å². The molecule has 0 amide bonds. The van der Waals surface area contributed by atoms with E-state index in [0.717, 1.165) is 48.3 Å². The summed E-state index contributed by atoms with van der Waals surface area (Å²) in [5.41, 5.74) is 2.47. The van der Waals surface area contributed by atoms with Crippen LogP contribution in [0, 0.1) is 46.3 Å². The van der Waals surface area contributed by atoms with Crippen LogP contribution in [0.15, 0.2) is 23.8 Å². The lowest BCUT2D eigenvalue weighted by Crippen LogP contribution is -2.51. The van der Waals surface area contributed by atoms with Crippen molar-refractivity contribution < 1.29 is 19.4 Å². The molecule has 8 unspecified atom stereocenters. The smallest absolute Gasteiger partial charge is 0.311 e. The molecule has 0 saturated heterocycles. The lowest BCUT2D eigenvalue weighted by molar-refractivity contribution is -0.139. The van der Waals surface area contributed by atoms with Gasteiger partial charge in [-0.3, -0.25) is 9.59 Å². The van der Waals surface area contributed by atoms with E-state index in [4.69, 9.17) is 9.84 Å². The van der Waals surface area contributed by atoms with Crippen LogP contribution in [-0.4, -0.2) is 29.6 Å². The maximum atomic E-state index is 11.6. The lowest BCUT2D eigenvalue weighted by Gasteiger charge is -2.58. The number of allylic oxidation sites excluding steroid dienone is 2. The molecule has 0 bridgehead atoms. The molecule has 4 rings (SSSR count). The third-order valence-electron chi connectivity index (χ3n) is 11.3. The van der Waals surface area contributed by atoms with E-state index in [1.165, 1.54) is 63.9 Å². The molecule has 8 atom stereocenters. The van der Waals surface area contributed by atoms with Crippen LogP contribution in [-0.2, 0) is 14.3 Å². The third-order valence-corrected chi connectivity index (χ3v) is 11.3. The van der Waals surface area contributed by atoms with Gasteiger partial charge in [-0.25, -0.2) is 0 Å². The first-order valence-electron chi connectivity index (χ1n) is 15.3. The highest BCUT2D eigenvalue weighted by atomic mass is 16.5. The Bertz CT molecular complexity index is 887. The van der Waals surface area contributed by atoms with Crippen LogP contribution in [0.5, 0.6) is 0 Å². The number of fused-ring (bicyclic) bond motifs is 5. The fourth-order valence-corrected chi connectivity index (χ4v) is 9.37. The molecule has 4 aliphatic rings.